The maximum atomic E-state index is 13.8. The third-order valence-electron chi connectivity index (χ3n) is 5.80. The molecule has 0 spiro atoms. The molecule has 0 radical (unpaired) electrons. The van der Waals surface area contributed by atoms with E-state index in [1.807, 2.05) is 4.90 Å². The highest BCUT2D eigenvalue weighted by atomic mass is 35.5. The smallest absolute Gasteiger partial charge is 0.321 e. The lowest BCUT2D eigenvalue weighted by Gasteiger charge is -2.44. The van der Waals surface area contributed by atoms with Gasteiger partial charge >= 0.3 is 6.03 Å². The molecule has 1 aromatic carbocycles. The quantitative estimate of drug-likeness (QED) is 0.783. The average Bonchev–Trinajstić information content (AvgIpc) is 2.65. The fourth-order valence-electron chi connectivity index (χ4n) is 3.94. The van der Waals surface area contributed by atoms with Crippen LogP contribution in [0.4, 0.5) is 14.9 Å². The molecule has 3 rings (SSSR count). The maximum Gasteiger partial charge on any atom is 0.321 e. The van der Waals surface area contributed by atoms with E-state index in [1.54, 1.807) is 17.0 Å². The number of amides is 3. The second-order valence-electron chi connectivity index (χ2n) is 8.34. The van der Waals surface area contributed by atoms with Crippen molar-refractivity contribution in [1.29, 1.82) is 0 Å². The zero-order valence-electron chi connectivity index (χ0n) is 16.5. The molecule has 2 aliphatic rings. The van der Waals surface area contributed by atoms with Crippen LogP contribution in [-0.4, -0.2) is 54.0 Å². The summed E-state index contributed by atoms with van der Waals surface area (Å²) in [6.45, 7) is 6.42. The molecule has 0 bridgehead atoms. The first-order valence-corrected chi connectivity index (χ1v) is 9.63. The van der Waals surface area contributed by atoms with Crippen LogP contribution < -0.4 is 11.1 Å². The van der Waals surface area contributed by atoms with Crippen molar-refractivity contribution < 1.29 is 14.0 Å². The van der Waals surface area contributed by atoms with Gasteiger partial charge in [0.2, 0.25) is 5.91 Å². The summed E-state index contributed by atoms with van der Waals surface area (Å²) in [4.78, 5) is 29.0. The van der Waals surface area contributed by atoms with Crippen molar-refractivity contribution in [1.82, 2.24) is 9.80 Å². The number of likely N-dealkylation sites (tertiary alicyclic amines) is 2. The molecule has 3 N–H and O–H groups in total. The molecule has 2 saturated heterocycles. The Morgan fingerprint density at radius 2 is 1.89 bits per heavy atom. The Balaban J connectivity index is 0.00000280. The van der Waals surface area contributed by atoms with Crippen molar-refractivity contribution >= 4 is 30.0 Å². The number of nitrogens with one attached hydrogen (secondary N) is 1. The standard InChI is InChI=1S/C20H29FN4O2.ClH/c1-20(2)13-25(11-9-17(20)22)18(26)14-6-5-10-24(12-14)19(27)23-16-8-4-3-7-15(16)21;/h3-4,7-8,14,17H,5-6,9-13,22H2,1-2H3,(H,23,27);1H. The number of para-hydroxylation sites is 1. The van der Waals surface area contributed by atoms with Crippen LogP contribution in [0.5, 0.6) is 0 Å². The van der Waals surface area contributed by atoms with E-state index in [1.165, 1.54) is 12.1 Å². The Morgan fingerprint density at radius 3 is 2.57 bits per heavy atom. The molecule has 28 heavy (non-hydrogen) atoms. The Bertz CT molecular complexity index is 715. The first kappa shape index (κ1) is 22.4. The van der Waals surface area contributed by atoms with Crippen LogP contribution in [0.1, 0.15) is 33.1 Å². The highest BCUT2D eigenvalue weighted by molar-refractivity contribution is 5.90. The molecule has 2 atom stereocenters. The normalized spacial score (nSPS) is 24.3. The Kier molecular flexibility index (Phi) is 7.28. The van der Waals surface area contributed by atoms with Gasteiger partial charge in [-0.15, -0.1) is 12.4 Å². The van der Waals surface area contributed by atoms with E-state index >= 15 is 0 Å². The molecular formula is C20H30ClFN4O2. The number of hydrogen-bond donors (Lipinski definition) is 2. The first-order chi connectivity index (χ1) is 12.8. The SMILES string of the molecule is CC1(C)CN(C(=O)C2CCCN(C(=O)Nc3ccccc3F)C2)CCC1N.Cl. The Labute approximate surface area is 172 Å². The predicted molar refractivity (Wildman–Crippen MR) is 110 cm³/mol. The lowest BCUT2D eigenvalue weighted by atomic mass is 9.79. The lowest BCUT2D eigenvalue weighted by Crippen LogP contribution is -2.56. The minimum absolute atomic E-state index is 0. The monoisotopic (exact) mass is 412 g/mol. The molecule has 2 heterocycles. The van der Waals surface area contributed by atoms with E-state index in [0.29, 0.717) is 26.2 Å². The second kappa shape index (κ2) is 9.09. The number of carbonyl (C=O) groups is 2. The number of anilines is 1. The summed E-state index contributed by atoms with van der Waals surface area (Å²) in [5.41, 5.74) is 6.22. The van der Waals surface area contributed by atoms with Gasteiger partial charge in [0.25, 0.3) is 0 Å². The maximum absolute atomic E-state index is 13.8. The van der Waals surface area contributed by atoms with Gasteiger partial charge in [0.05, 0.1) is 11.6 Å². The van der Waals surface area contributed by atoms with Gasteiger partial charge < -0.3 is 20.9 Å². The van der Waals surface area contributed by atoms with Gasteiger partial charge in [-0.1, -0.05) is 26.0 Å². The zero-order valence-corrected chi connectivity index (χ0v) is 17.3. The number of rotatable bonds is 2. The number of piperidine rings is 2. The number of nitrogens with two attached hydrogens (primary N) is 1. The van der Waals surface area contributed by atoms with Crippen LogP contribution in [-0.2, 0) is 4.79 Å². The first-order valence-electron chi connectivity index (χ1n) is 9.63. The van der Waals surface area contributed by atoms with Crippen molar-refractivity contribution in [2.24, 2.45) is 17.1 Å². The summed E-state index contributed by atoms with van der Waals surface area (Å²) in [5, 5.41) is 2.61. The van der Waals surface area contributed by atoms with Gasteiger partial charge in [0, 0.05) is 32.2 Å². The third-order valence-corrected chi connectivity index (χ3v) is 5.80. The highest BCUT2D eigenvalue weighted by Crippen LogP contribution is 2.30. The molecule has 3 amide bonds. The van der Waals surface area contributed by atoms with Gasteiger partial charge in [-0.05, 0) is 36.8 Å². The number of halogens is 2. The summed E-state index contributed by atoms with van der Waals surface area (Å²) >= 11 is 0. The van der Waals surface area contributed by atoms with Crippen molar-refractivity contribution in [3.8, 4) is 0 Å². The molecule has 2 fully saturated rings. The van der Waals surface area contributed by atoms with Gasteiger partial charge in [0.15, 0.2) is 0 Å². The van der Waals surface area contributed by atoms with Crippen LogP contribution in [0, 0.1) is 17.2 Å². The number of carbonyl (C=O) groups excluding carboxylic acids is 2. The molecule has 6 nitrogen and oxygen atoms in total. The fourth-order valence-corrected chi connectivity index (χ4v) is 3.94. The van der Waals surface area contributed by atoms with Gasteiger partial charge in [0.1, 0.15) is 5.82 Å². The summed E-state index contributed by atoms with van der Waals surface area (Å²) in [6, 6.07) is 5.81. The van der Waals surface area contributed by atoms with Crippen LogP contribution >= 0.6 is 12.4 Å². The van der Waals surface area contributed by atoms with Crippen molar-refractivity contribution in [2.45, 2.75) is 39.2 Å². The Morgan fingerprint density at radius 1 is 1.18 bits per heavy atom. The number of benzene rings is 1. The molecule has 2 unspecified atom stereocenters. The van der Waals surface area contributed by atoms with E-state index in [2.05, 4.69) is 19.2 Å². The molecule has 0 aromatic heterocycles. The molecule has 8 heteroatoms. The molecule has 156 valence electrons. The molecule has 0 aliphatic carbocycles. The van der Waals surface area contributed by atoms with E-state index in [-0.39, 0.29) is 47.4 Å². The van der Waals surface area contributed by atoms with Gasteiger partial charge in [-0.3, -0.25) is 4.79 Å². The van der Waals surface area contributed by atoms with Crippen molar-refractivity contribution in [3.05, 3.63) is 30.1 Å². The van der Waals surface area contributed by atoms with E-state index < -0.39 is 5.82 Å². The summed E-state index contributed by atoms with van der Waals surface area (Å²) < 4.78 is 13.8. The van der Waals surface area contributed by atoms with Crippen LogP contribution in [0.25, 0.3) is 0 Å². The van der Waals surface area contributed by atoms with Crippen LogP contribution in [0.15, 0.2) is 24.3 Å². The summed E-state index contributed by atoms with van der Waals surface area (Å²) in [5.74, 6) is -0.587. The summed E-state index contributed by atoms with van der Waals surface area (Å²) in [6.07, 6.45) is 2.33. The molecular weight excluding hydrogens is 383 g/mol. The van der Waals surface area contributed by atoms with Crippen LogP contribution in [0.2, 0.25) is 0 Å². The largest absolute Gasteiger partial charge is 0.342 e. The molecule has 1 aromatic rings. The minimum atomic E-state index is -0.470. The Hall–Kier alpha value is -1.86. The minimum Gasteiger partial charge on any atom is -0.342 e. The van der Waals surface area contributed by atoms with Crippen molar-refractivity contribution in [3.63, 3.8) is 0 Å². The second-order valence-corrected chi connectivity index (χ2v) is 8.34. The van der Waals surface area contributed by atoms with Gasteiger partial charge in [-0.25, -0.2) is 9.18 Å². The van der Waals surface area contributed by atoms with E-state index in [9.17, 15) is 14.0 Å². The average molecular weight is 413 g/mol. The molecule has 2 aliphatic heterocycles. The van der Waals surface area contributed by atoms with E-state index in [4.69, 9.17) is 5.73 Å². The highest BCUT2D eigenvalue weighted by Gasteiger charge is 2.38. The fraction of sp³-hybridized carbons (Fsp3) is 0.600. The van der Waals surface area contributed by atoms with E-state index in [0.717, 1.165) is 19.3 Å². The lowest BCUT2D eigenvalue weighted by molar-refractivity contribution is -0.140. The van der Waals surface area contributed by atoms with Crippen LogP contribution in [0.3, 0.4) is 0 Å². The number of urea groups is 1. The summed E-state index contributed by atoms with van der Waals surface area (Å²) in [7, 11) is 0. The van der Waals surface area contributed by atoms with Gasteiger partial charge in [-0.2, -0.15) is 0 Å². The number of hydrogen-bond acceptors (Lipinski definition) is 3. The number of nitrogens with zero attached hydrogens (tertiary/aromatic N) is 2. The van der Waals surface area contributed by atoms with Crippen molar-refractivity contribution in [2.75, 3.05) is 31.5 Å². The zero-order chi connectivity index (χ0) is 19.6. The predicted octanol–water partition coefficient (Wildman–Crippen LogP) is 3.08. The third kappa shape index (κ3) is 4.94. The topological polar surface area (TPSA) is 78.7 Å². The molecule has 0 saturated carbocycles.